The largest absolute Gasteiger partial charge is 0.419 e. The van der Waals surface area contributed by atoms with Crippen molar-refractivity contribution < 1.29 is 18.3 Å². The van der Waals surface area contributed by atoms with Gasteiger partial charge in [0.25, 0.3) is 0 Å². The van der Waals surface area contributed by atoms with Gasteiger partial charge in [0.1, 0.15) is 5.82 Å². The lowest BCUT2D eigenvalue weighted by Gasteiger charge is -2.45. The molecular formula is C16H23F3N2O. The quantitative estimate of drug-likeness (QED) is 0.883. The van der Waals surface area contributed by atoms with Gasteiger partial charge >= 0.3 is 6.18 Å². The molecule has 1 aromatic rings. The van der Waals surface area contributed by atoms with E-state index in [0.717, 1.165) is 12.5 Å². The molecule has 0 aromatic carbocycles. The van der Waals surface area contributed by atoms with E-state index in [9.17, 15) is 18.3 Å². The monoisotopic (exact) mass is 316 g/mol. The van der Waals surface area contributed by atoms with Crippen LogP contribution in [-0.2, 0) is 6.18 Å². The zero-order chi connectivity index (χ0) is 16.6. The molecule has 2 atom stereocenters. The van der Waals surface area contributed by atoms with Crippen LogP contribution < -0.4 is 5.32 Å². The summed E-state index contributed by atoms with van der Waals surface area (Å²) in [6, 6.07) is 2.25. The van der Waals surface area contributed by atoms with Gasteiger partial charge in [-0.25, -0.2) is 4.98 Å². The Morgan fingerprint density at radius 2 is 2.09 bits per heavy atom. The van der Waals surface area contributed by atoms with E-state index in [2.05, 4.69) is 31.1 Å². The highest BCUT2D eigenvalue weighted by Gasteiger charge is 2.42. The lowest BCUT2D eigenvalue weighted by molar-refractivity contribution is -0.137. The Bertz CT molecular complexity index is 530. The topological polar surface area (TPSA) is 45.1 Å². The van der Waals surface area contributed by atoms with Gasteiger partial charge in [0.15, 0.2) is 0 Å². The van der Waals surface area contributed by atoms with Crippen molar-refractivity contribution in [3.63, 3.8) is 0 Å². The molecule has 2 N–H and O–H groups in total. The molecule has 124 valence electrons. The van der Waals surface area contributed by atoms with Crippen molar-refractivity contribution in [3.05, 3.63) is 23.9 Å². The molecule has 0 aliphatic heterocycles. The fourth-order valence-corrected chi connectivity index (χ4v) is 3.16. The van der Waals surface area contributed by atoms with Gasteiger partial charge in [-0.1, -0.05) is 20.8 Å². The van der Waals surface area contributed by atoms with E-state index in [1.165, 1.54) is 12.3 Å². The van der Waals surface area contributed by atoms with Gasteiger partial charge in [-0.3, -0.25) is 0 Å². The Kier molecular flexibility index (Phi) is 4.44. The molecular weight excluding hydrogens is 293 g/mol. The summed E-state index contributed by atoms with van der Waals surface area (Å²) in [5, 5.41) is 13.4. The number of pyridine rings is 1. The SMILES string of the molecule is CC1CCC(O)(CNc2ncccc2C(F)(F)F)CC1(C)C. The predicted octanol–water partition coefficient (Wildman–Crippen LogP) is 4.09. The Balaban J connectivity index is 2.11. The van der Waals surface area contributed by atoms with E-state index in [4.69, 9.17) is 0 Å². The van der Waals surface area contributed by atoms with Gasteiger partial charge in [0.2, 0.25) is 0 Å². The van der Waals surface area contributed by atoms with E-state index in [1.807, 2.05) is 0 Å². The Hall–Kier alpha value is -1.30. The summed E-state index contributed by atoms with van der Waals surface area (Å²) < 4.78 is 38.8. The number of nitrogens with zero attached hydrogens (tertiary/aromatic N) is 1. The van der Waals surface area contributed by atoms with Crippen LogP contribution in [-0.4, -0.2) is 22.2 Å². The number of alkyl halides is 3. The minimum absolute atomic E-state index is 0.0361. The van der Waals surface area contributed by atoms with Crippen LogP contribution in [0.15, 0.2) is 18.3 Å². The van der Waals surface area contributed by atoms with Gasteiger partial charge in [0.05, 0.1) is 11.2 Å². The lowest BCUT2D eigenvalue weighted by Crippen LogP contribution is -2.47. The second-order valence-corrected chi connectivity index (χ2v) is 7.08. The van der Waals surface area contributed by atoms with E-state index in [1.54, 1.807) is 0 Å². The molecule has 0 bridgehead atoms. The molecule has 0 spiro atoms. The third kappa shape index (κ3) is 3.72. The van der Waals surface area contributed by atoms with Gasteiger partial charge in [0, 0.05) is 12.7 Å². The maximum Gasteiger partial charge on any atom is 0.419 e. The maximum atomic E-state index is 12.9. The van der Waals surface area contributed by atoms with E-state index in [0.29, 0.717) is 18.8 Å². The summed E-state index contributed by atoms with van der Waals surface area (Å²) in [6.45, 7) is 6.39. The van der Waals surface area contributed by atoms with Crippen LogP contribution in [0.4, 0.5) is 19.0 Å². The van der Waals surface area contributed by atoms with Crippen molar-refractivity contribution in [1.82, 2.24) is 4.98 Å². The molecule has 1 heterocycles. The van der Waals surface area contributed by atoms with E-state index < -0.39 is 17.3 Å². The summed E-state index contributed by atoms with van der Waals surface area (Å²) in [4.78, 5) is 3.77. The minimum atomic E-state index is -4.46. The summed E-state index contributed by atoms with van der Waals surface area (Å²) in [5.74, 6) is 0.258. The van der Waals surface area contributed by atoms with E-state index >= 15 is 0 Å². The van der Waals surface area contributed by atoms with Crippen LogP contribution in [0.3, 0.4) is 0 Å². The van der Waals surface area contributed by atoms with Gasteiger partial charge in [-0.05, 0) is 42.7 Å². The first kappa shape index (κ1) is 17.1. The molecule has 1 fully saturated rings. The number of aromatic nitrogens is 1. The van der Waals surface area contributed by atoms with Crippen molar-refractivity contribution in [2.24, 2.45) is 11.3 Å². The number of aliphatic hydroxyl groups is 1. The van der Waals surface area contributed by atoms with Crippen molar-refractivity contribution in [2.45, 2.75) is 51.8 Å². The predicted molar refractivity (Wildman–Crippen MR) is 79.5 cm³/mol. The molecule has 6 heteroatoms. The molecule has 3 nitrogen and oxygen atoms in total. The third-order valence-electron chi connectivity index (χ3n) is 4.86. The number of nitrogens with one attached hydrogen (secondary N) is 1. The molecule has 2 rings (SSSR count). The van der Waals surface area contributed by atoms with Crippen molar-refractivity contribution in [2.75, 3.05) is 11.9 Å². The average molecular weight is 316 g/mol. The minimum Gasteiger partial charge on any atom is -0.388 e. The highest BCUT2D eigenvalue weighted by Crippen LogP contribution is 2.45. The van der Waals surface area contributed by atoms with Crippen LogP contribution in [0.5, 0.6) is 0 Å². The fraction of sp³-hybridized carbons (Fsp3) is 0.688. The Labute approximate surface area is 129 Å². The standard InChI is InChI=1S/C16H23F3N2O/c1-11-6-7-15(22,9-14(11,2)3)10-21-13-12(16(17,18)19)5-4-8-20-13/h4-5,8,11,22H,6-7,9-10H2,1-3H3,(H,20,21). The first-order chi connectivity index (χ1) is 10.0. The molecule has 1 aromatic heterocycles. The highest BCUT2D eigenvalue weighted by atomic mass is 19.4. The number of anilines is 1. The zero-order valence-electron chi connectivity index (χ0n) is 13.2. The molecule has 1 aliphatic carbocycles. The van der Waals surface area contributed by atoms with E-state index in [-0.39, 0.29) is 17.8 Å². The highest BCUT2D eigenvalue weighted by molar-refractivity contribution is 5.45. The number of halogens is 3. The lowest BCUT2D eigenvalue weighted by atomic mass is 9.64. The number of rotatable bonds is 3. The molecule has 1 aliphatic rings. The number of hydrogen-bond acceptors (Lipinski definition) is 3. The summed E-state index contributed by atoms with van der Waals surface area (Å²) in [5.41, 5.74) is -1.84. The Morgan fingerprint density at radius 1 is 1.41 bits per heavy atom. The second kappa shape index (κ2) is 5.72. The second-order valence-electron chi connectivity index (χ2n) is 7.08. The summed E-state index contributed by atoms with van der Waals surface area (Å²) in [6.07, 6.45) is -1.14. The van der Waals surface area contributed by atoms with Crippen LogP contribution in [0.2, 0.25) is 0 Å². The molecule has 22 heavy (non-hydrogen) atoms. The maximum absolute atomic E-state index is 12.9. The Morgan fingerprint density at radius 3 is 2.68 bits per heavy atom. The summed E-state index contributed by atoms with van der Waals surface area (Å²) in [7, 11) is 0. The van der Waals surface area contributed by atoms with Gasteiger partial charge in [-0.2, -0.15) is 13.2 Å². The normalized spacial score (nSPS) is 28.4. The van der Waals surface area contributed by atoms with Gasteiger partial charge in [-0.15, -0.1) is 0 Å². The van der Waals surface area contributed by atoms with Crippen LogP contribution in [0.1, 0.15) is 45.6 Å². The molecule has 2 unspecified atom stereocenters. The van der Waals surface area contributed by atoms with Gasteiger partial charge < -0.3 is 10.4 Å². The number of hydrogen-bond donors (Lipinski definition) is 2. The van der Waals surface area contributed by atoms with Crippen molar-refractivity contribution in [1.29, 1.82) is 0 Å². The van der Waals surface area contributed by atoms with Crippen LogP contribution in [0.25, 0.3) is 0 Å². The third-order valence-corrected chi connectivity index (χ3v) is 4.86. The van der Waals surface area contributed by atoms with Crippen LogP contribution >= 0.6 is 0 Å². The van der Waals surface area contributed by atoms with Crippen molar-refractivity contribution >= 4 is 5.82 Å². The first-order valence-electron chi connectivity index (χ1n) is 7.52. The molecule has 1 saturated carbocycles. The summed E-state index contributed by atoms with van der Waals surface area (Å²) >= 11 is 0. The molecule has 0 saturated heterocycles. The zero-order valence-corrected chi connectivity index (χ0v) is 13.2. The fourth-order valence-electron chi connectivity index (χ4n) is 3.16. The smallest absolute Gasteiger partial charge is 0.388 e. The van der Waals surface area contributed by atoms with Crippen molar-refractivity contribution in [3.8, 4) is 0 Å². The average Bonchev–Trinajstić information content (AvgIpc) is 2.40. The van der Waals surface area contributed by atoms with Crippen LogP contribution in [0, 0.1) is 11.3 Å². The molecule has 0 amide bonds. The molecule has 0 radical (unpaired) electrons. The first-order valence-corrected chi connectivity index (χ1v) is 7.52.